The predicted octanol–water partition coefficient (Wildman–Crippen LogP) is 4.01. The van der Waals surface area contributed by atoms with E-state index in [2.05, 4.69) is 11.6 Å². The number of hydrogen-bond acceptors (Lipinski definition) is 3. The molecule has 0 aromatic heterocycles. The average Bonchev–Trinajstić information content (AvgIpc) is 2.61. The Hall–Kier alpha value is -2.05. The molecule has 5 nitrogen and oxygen atoms in total. The van der Waals surface area contributed by atoms with Gasteiger partial charge < -0.3 is 4.90 Å². The molecular formula is C18H21ClN2O3S. The van der Waals surface area contributed by atoms with Gasteiger partial charge >= 0.3 is 0 Å². The van der Waals surface area contributed by atoms with Crippen molar-refractivity contribution in [2.24, 2.45) is 0 Å². The van der Waals surface area contributed by atoms with Crippen LogP contribution in [0.1, 0.15) is 30.1 Å². The molecule has 25 heavy (non-hydrogen) atoms. The molecular weight excluding hydrogens is 360 g/mol. The molecule has 0 fully saturated rings. The molecule has 134 valence electrons. The van der Waals surface area contributed by atoms with Gasteiger partial charge in [-0.1, -0.05) is 24.9 Å². The number of anilines is 1. The SMILES string of the molecule is CCCCN(C)C(=O)c1ccc(S(=O)(=O)Nc2ccc(Cl)cc2)cc1. The smallest absolute Gasteiger partial charge is 0.261 e. The standard InChI is InChI=1S/C18H21ClN2O3S/c1-3-4-13-21(2)18(22)14-5-11-17(12-6-14)25(23,24)20-16-9-7-15(19)8-10-16/h5-12,20H,3-4,13H2,1-2H3. The third kappa shape index (κ3) is 5.21. The van der Waals surface area contributed by atoms with Crippen LogP contribution in [0.4, 0.5) is 5.69 Å². The zero-order valence-electron chi connectivity index (χ0n) is 14.2. The Labute approximate surface area is 153 Å². The van der Waals surface area contributed by atoms with Gasteiger partial charge in [0.15, 0.2) is 0 Å². The van der Waals surface area contributed by atoms with Crippen molar-refractivity contribution in [3.8, 4) is 0 Å². The number of carbonyl (C=O) groups excluding carboxylic acids is 1. The van der Waals surface area contributed by atoms with E-state index in [4.69, 9.17) is 11.6 Å². The Morgan fingerprint density at radius 1 is 1.08 bits per heavy atom. The number of hydrogen-bond donors (Lipinski definition) is 1. The van der Waals surface area contributed by atoms with Gasteiger partial charge in [0.1, 0.15) is 0 Å². The topological polar surface area (TPSA) is 66.5 Å². The summed E-state index contributed by atoms with van der Waals surface area (Å²) in [6.45, 7) is 2.74. The first-order chi connectivity index (χ1) is 11.8. The van der Waals surface area contributed by atoms with Crippen molar-refractivity contribution in [3.05, 3.63) is 59.1 Å². The molecule has 0 unspecified atom stereocenters. The molecule has 2 aromatic carbocycles. The van der Waals surface area contributed by atoms with Crippen molar-refractivity contribution < 1.29 is 13.2 Å². The fourth-order valence-electron chi connectivity index (χ4n) is 2.23. The third-order valence-corrected chi connectivity index (χ3v) is 5.35. The van der Waals surface area contributed by atoms with E-state index in [0.29, 0.717) is 22.8 Å². The van der Waals surface area contributed by atoms with E-state index in [1.54, 1.807) is 36.2 Å². The zero-order valence-corrected chi connectivity index (χ0v) is 15.8. The van der Waals surface area contributed by atoms with E-state index in [1.807, 2.05) is 0 Å². The van der Waals surface area contributed by atoms with Crippen molar-refractivity contribution in [1.29, 1.82) is 0 Å². The summed E-state index contributed by atoms with van der Waals surface area (Å²) in [6, 6.07) is 12.3. The monoisotopic (exact) mass is 380 g/mol. The maximum atomic E-state index is 12.4. The minimum atomic E-state index is -3.72. The van der Waals surface area contributed by atoms with Gasteiger partial charge in [-0.05, 0) is 55.0 Å². The predicted molar refractivity (Wildman–Crippen MR) is 101 cm³/mol. The fraction of sp³-hybridized carbons (Fsp3) is 0.278. The Bertz CT molecular complexity index is 818. The van der Waals surface area contributed by atoms with E-state index in [0.717, 1.165) is 12.8 Å². The highest BCUT2D eigenvalue weighted by molar-refractivity contribution is 7.92. The van der Waals surface area contributed by atoms with Crippen LogP contribution < -0.4 is 4.72 Å². The lowest BCUT2D eigenvalue weighted by Crippen LogP contribution is -2.27. The number of unbranched alkanes of at least 4 members (excludes halogenated alkanes) is 1. The summed E-state index contributed by atoms with van der Waals surface area (Å²) in [6.07, 6.45) is 1.94. The van der Waals surface area contributed by atoms with Gasteiger partial charge in [0.25, 0.3) is 15.9 Å². The first kappa shape index (κ1) is 19.3. The minimum Gasteiger partial charge on any atom is -0.342 e. The Morgan fingerprint density at radius 3 is 2.24 bits per heavy atom. The highest BCUT2D eigenvalue weighted by Gasteiger charge is 2.16. The van der Waals surface area contributed by atoms with Crippen molar-refractivity contribution in [2.75, 3.05) is 18.3 Å². The van der Waals surface area contributed by atoms with Crippen molar-refractivity contribution in [1.82, 2.24) is 4.90 Å². The number of sulfonamides is 1. The lowest BCUT2D eigenvalue weighted by Gasteiger charge is -2.17. The number of carbonyl (C=O) groups is 1. The summed E-state index contributed by atoms with van der Waals surface area (Å²) in [7, 11) is -1.98. The van der Waals surface area contributed by atoms with Crippen molar-refractivity contribution in [2.45, 2.75) is 24.7 Å². The van der Waals surface area contributed by atoms with Crippen LogP contribution in [0.15, 0.2) is 53.4 Å². The third-order valence-electron chi connectivity index (χ3n) is 3.70. The molecule has 0 spiro atoms. The molecule has 2 aromatic rings. The maximum absolute atomic E-state index is 12.4. The van der Waals surface area contributed by atoms with E-state index in [1.165, 1.54) is 24.3 Å². The molecule has 0 atom stereocenters. The lowest BCUT2D eigenvalue weighted by molar-refractivity contribution is 0.0793. The largest absolute Gasteiger partial charge is 0.342 e. The summed E-state index contributed by atoms with van der Waals surface area (Å²) in [4.78, 5) is 14.0. The molecule has 0 aliphatic rings. The van der Waals surface area contributed by atoms with Gasteiger partial charge in [-0.2, -0.15) is 0 Å². The Kier molecular flexibility index (Phi) is 6.45. The molecule has 2 rings (SSSR count). The van der Waals surface area contributed by atoms with Gasteiger partial charge in [-0.3, -0.25) is 9.52 Å². The minimum absolute atomic E-state index is 0.0928. The Balaban J connectivity index is 2.12. The van der Waals surface area contributed by atoms with Crippen LogP contribution >= 0.6 is 11.6 Å². The molecule has 0 saturated carbocycles. The van der Waals surface area contributed by atoms with Gasteiger partial charge in [0.2, 0.25) is 0 Å². The number of nitrogens with zero attached hydrogens (tertiary/aromatic N) is 1. The summed E-state index contributed by atoms with van der Waals surface area (Å²) in [5.74, 6) is -0.122. The molecule has 0 aliphatic carbocycles. The molecule has 7 heteroatoms. The van der Waals surface area contributed by atoms with Crippen LogP contribution in [0.5, 0.6) is 0 Å². The fourth-order valence-corrected chi connectivity index (χ4v) is 3.41. The maximum Gasteiger partial charge on any atom is 0.261 e. The van der Waals surface area contributed by atoms with E-state index in [9.17, 15) is 13.2 Å². The summed E-state index contributed by atoms with van der Waals surface area (Å²) in [5, 5.41) is 0.526. The molecule has 0 heterocycles. The van der Waals surface area contributed by atoms with Gasteiger partial charge in [-0.25, -0.2) is 8.42 Å². The van der Waals surface area contributed by atoms with Crippen LogP contribution in [-0.4, -0.2) is 32.8 Å². The van der Waals surface area contributed by atoms with Gasteiger partial charge in [-0.15, -0.1) is 0 Å². The van der Waals surface area contributed by atoms with Crippen LogP contribution in [0, 0.1) is 0 Å². The molecule has 1 N–H and O–H groups in total. The summed E-state index contributed by atoms with van der Waals surface area (Å²) in [5.41, 5.74) is 0.882. The molecule has 0 aliphatic heterocycles. The first-order valence-electron chi connectivity index (χ1n) is 7.97. The van der Waals surface area contributed by atoms with Crippen LogP contribution in [-0.2, 0) is 10.0 Å². The van der Waals surface area contributed by atoms with Gasteiger partial charge in [0.05, 0.1) is 4.90 Å². The number of amides is 1. The quantitative estimate of drug-likeness (QED) is 0.789. The highest BCUT2D eigenvalue weighted by Crippen LogP contribution is 2.19. The molecule has 0 saturated heterocycles. The van der Waals surface area contributed by atoms with Crippen molar-refractivity contribution in [3.63, 3.8) is 0 Å². The summed E-state index contributed by atoms with van der Waals surface area (Å²) < 4.78 is 27.3. The van der Waals surface area contributed by atoms with Gasteiger partial charge in [0, 0.05) is 29.9 Å². The van der Waals surface area contributed by atoms with E-state index in [-0.39, 0.29) is 10.8 Å². The molecule has 1 amide bonds. The second-order valence-corrected chi connectivity index (χ2v) is 7.84. The summed E-state index contributed by atoms with van der Waals surface area (Å²) >= 11 is 5.79. The van der Waals surface area contributed by atoms with Crippen LogP contribution in [0.2, 0.25) is 5.02 Å². The van der Waals surface area contributed by atoms with E-state index < -0.39 is 10.0 Å². The number of halogens is 1. The normalized spacial score (nSPS) is 11.2. The zero-order chi connectivity index (χ0) is 18.4. The van der Waals surface area contributed by atoms with Crippen LogP contribution in [0.25, 0.3) is 0 Å². The molecule has 0 radical (unpaired) electrons. The second kappa shape index (κ2) is 8.36. The second-order valence-electron chi connectivity index (χ2n) is 5.72. The van der Waals surface area contributed by atoms with Crippen molar-refractivity contribution >= 4 is 33.2 Å². The average molecular weight is 381 g/mol. The first-order valence-corrected chi connectivity index (χ1v) is 9.83. The highest BCUT2D eigenvalue weighted by atomic mass is 35.5. The van der Waals surface area contributed by atoms with E-state index >= 15 is 0 Å². The van der Waals surface area contributed by atoms with Crippen LogP contribution in [0.3, 0.4) is 0 Å². The lowest BCUT2D eigenvalue weighted by atomic mass is 10.2. The number of benzene rings is 2. The molecule has 0 bridgehead atoms. The number of rotatable bonds is 7. The number of nitrogens with one attached hydrogen (secondary N) is 1. The Morgan fingerprint density at radius 2 is 1.68 bits per heavy atom.